The number of carbonyl (C=O) groups is 1. The van der Waals surface area contributed by atoms with E-state index < -0.39 is 16.4 Å². The van der Waals surface area contributed by atoms with Crippen LogP contribution in [0.15, 0.2) is 47.4 Å². The molecule has 1 aromatic carbocycles. The normalized spacial score (nSPS) is 10.1. The average Bonchev–Trinajstić information content (AvgIpc) is 2.55. The van der Waals surface area contributed by atoms with Gasteiger partial charge in [0.25, 0.3) is 17.2 Å². The van der Waals surface area contributed by atoms with Gasteiger partial charge in [-0.05, 0) is 18.6 Å². The van der Waals surface area contributed by atoms with Crippen LogP contribution in [0.3, 0.4) is 0 Å². The van der Waals surface area contributed by atoms with Crippen LogP contribution in [0.4, 0.5) is 5.69 Å². The summed E-state index contributed by atoms with van der Waals surface area (Å²) in [4.78, 5) is 35.6. The Hall–Kier alpha value is -3.16. The Bertz CT molecular complexity index is 742. The number of aromatic nitrogens is 1. The number of pyridine rings is 1. The van der Waals surface area contributed by atoms with Gasteiger partial charge in [-0.1, -0.05) is 18.2 Å². The molecule has 0 bridgehead atoms. The van der Waals surface area contributed by atoms with E-state index in [4.69, 9.17) is 4.74 Å². The van der Waals surface area contributed by atoms with Gasteiger partial charge in [0, 0.05) is 12.6 Å². The molecular formula is C15H15N3O5. The van der Waals surface area contributed by atoms with Crippen molar-refractivity contribution in [2.45, 2.75) is 6.42 Å². The zero-order valence-corrected chi connectivity index (χ0v) is 12.2. The lowest BCUT2D eigenvalue weighted by molar-refractivity contribution is -0.385. The van der Waals surface area contributed by atoms with Gasteiger partial charge in [0.15, 0.2) is 0 Å². The first-order valence-electron chi connectivity index (χ1n) is 6.91. The van der Waals surface area contributed by atoms with E-state index in [-0.39, 0.29) is 17.8 Å². The number of nitrogens with zero attached hydrogens (tertiary/aromatic N) is 1. The van der Waals surface area contributed by atoms with Crippen molar-refractivity contribution in [3.63, 3.8) is 0 Å². The molecule has 8 heteroatoms. The largest absolute Gasteiger partial charge is 0.494 e. The van der Waals surface area contributed by atoms with Gasteiger partial charge in [-0.2, -0.15) is 0 Å². The van der Waals surface area contributed by atoms with Crippen LogP contribution in [0.25, 0.3) is 0 Å². The smallest absolute Gasteiger partial charge is 0.286 e. The number of aromatic amines is 1. The lowest BCUT2D eigenvalue weighted by atomic mass is 10.2. The zero-order valence-electron chi connectivity index (χ0n) is 12.2. The minimum absolute atomic E-state index is 0.286. The Morgan fingerprint density at radius 1 is 1.30 bits per heavy atom. The van der Waals surface area contributed by atoms with Crippen molar-refractivity contribution in [3.8, 4) is 5.75 Å². The predicted octanol–water partition coefficient (Wildman–Crippen LogP) is 1.48. The fourth-order valence-corrected chi connectivity index (χ4v) is 1.82. The predicted molar refractivity (Wildman–Crippen MR) is 82.6 cm³/mol. The highest BCUT2D eigenvalue weighted by atomic mass is 16.6. The van der Waals surface area contributed by atoms with Crippen LogP contribution in [0.1, 0.15) is 16.8 Å². The third-order valence-corrected chi connectivity index (χ3v) is 2.96. The number of benzene rings is 1. The molecule has 0 atom stereocenters. The molecule has 8 nitrogen and oxygen atoms in total. The Balaban J connectivity index is 1.82. The van der Waals surface area contributed by atoms with Crippen molar-refractivity contribution in [1.82, 2.24) is 10.3 Å². The molecule has 1 amide bonds. The fraction of sp³-hybridized carbons (Fsp3) is 0.200. The molecule has 0 fully saturated rings. The van der Waals surface area contributed by atoms with Gasteiger partial charge in [0.05, 0.1) is 17.7 Å². The number of nitrogens with one attached hydrogen (secondary N) is 2. The number of hydrogen-bond donors (Lipinski definition) is 2. The van der Waals surface area contributed by atoms with Crippen molar-refractivity contribution in [1.29, 1.82) is 0 Å². The fourth-order valence-electron chi connectivity index (χ4n) is 1.82. The summed E-state index contributed by atoms with van der Waals surface area (Å²) in [6.45, 7) is 0.684. The topological polar surface area (TPSA) is 114 Å². The summed E-state index contributed by atoms with van der Waals surface area (Å²) in [7, 11) is 0. The summed E-state index contributed by atoms with van der Waals surface area (Å²) in [6, 6.07) is 10.2. The molecule has 1 aromatic heterocycles. The van der Waals surface area contributed by atoms with Crippen molar-refractivity contribution >= 4 is 11.6 Å². The van der Waals surface area contributed by atoms with Crippen LogP contribution in [-0.2, 0) is 0 Å². The average molecular weight is 317 g/mol. The SMILES string of the molecule is O=C(NCCCOc1ccccc1)c1cc([N+](=O)[O-])c[nH]c1=O. The number of hydrogen-bond acceptors (Lipinski definition) is 5. The highest BCUT2D eigenvalue weighted by molar-refractivity contribution is 5.94. The lowest BCUT2D eigenvalue weighted by Crippen LogP contribution is -2.30. The monoisotopic (exact) mass is 317 g/mol. The number of para-hydroxylation sites is 1. The Kier molecular flexibility index (Phi) is 5.45. The summed E-state index contributed by atoms with van der Waals surface area (Å²) in [5.41, 5.74) is -1.31. The number of amides is 1. The number of carbonyl (C=O) groups excluding carboxylic acids is 1. The van der Waals surface area contributed by atoms with E-state index in [0.717, 1.165) is 18.0 Å². The molecule has 23 heavy (non-hydrogen) atoms. The minimum Gasteiger partial charge on any atom is -0.494 e. The molecule has 0 unspecified atom stereocenters. The number of H-pyrrole nitrogens is 1. The summed E-state index contributed by atoms with van der Waals surface area (Å²) in [6.07, 6.45) is 1.49. The van der Waals surface area contributed by atoms with Crippen LogP contribution in [-0.4, -0.2) is 29.0 Å². The van der Waals surface area contributed by atoms with E-state index in [1.807, 2.05) is 30.3 Å². The van der Waals surface area contributed by atoms with Crippen LogP contribution >= 0.6 is 0 Å². The van der Waals surface area contributed by atoms with Crippen molar-refractivity contribution < 1.29 is 14.5 Å². The summed E-state index contributed by atoms with van der Waals surface area (Å²) >= 11 is 0. The van der Waals surface area contributed by atoms with Gasteiger partial charge in [-0.15, -0.1) is 0 Å². The standard InChI is InChI=1S/C15H15N3O5/c19-14(13-9-11(18(21)22)10-17-15(13)20)16-7-4-8-23-12-5-2-1-3-6-12/h1-3,5-6,9-10H,4,7-8H2,(H,16,19)(H,17,20). The first kappa shape index (κ1) is 16.2. The minimum atomic E-state index is -0.680. The van der Waals surface area contributed by atoms with Crippen LogP contribution in [0.5, 0.6) is 5.75 Å². The number of rotatable bonds is 7. The van der Waals surface area contributed by atoms with Crippen LogP contribution in [0, 0.1) is 10.1 Å². The van der Waals surface area contributed by atoms with Gasteiger partial charge < -0.3 is 15.0 Å². The van der Waals surface area contributed by atoms with E-state index in [0.29, 0.717) is 13.0 Å². The third kappa shape index (κ3) is 4.67. The molecule has 2 N–H and O–H groups in total. The number of nitro groups is 1. The van der Waals surface area contributed by atoms with Crippen molar-refractivity contribution in [2.24, 2.45) is 0 Å². The van der Waals surface area contributed by atoms with Crippen molar-refractivity contribution in [3.05, 3.63) is 68.6 Å². The van der Waals surface area contributed by atoms with Gasteiger partial charge in [0.1, 0.15) is 11.3 Å². The maximum atomic E-state index is 11.9. The molecule has 0 spiro atoms. The van der Waals surface area contributed by atoms with E-state index in [2.05, 4.69) is 10.3 Å². The third-order valence-electron chi connectivity index (χ3n) is 2.96. The Morgan fingerprint density at radius 2 is 2.04 bits per heavy atom. The number of ether oxygens (including phenoxy) is 1. The molecular weight excluding hydrogens is 302 g/mol. The van der Waals surface area contributed by atoms with Crippen LogP contribution in [0.2, 0.25) is 0 Å². The first-order valence-corrected chi connectivity index (χ1v) is 6.91. The van der Waals surface area contributed by atoms with Crippen LogP contribution < -0.4 is 15.6 Å². The quantitative estimate of drug-likeness (QED) is 0.456. The maximum Gasteiger partial charge on any atom is 0.286 e. The Labute approximate surface area is 131 Å². The maximum absolute atomic E-state index is 11.9. The Morgan fingerprint density at radius 3 is 2.74 bits per heavy atom. The van der Waals surface area contributed by atoms with E-state index in [9.17, 15) is 19.7 Å². The zero-order chi connectivity index (χ0) is 16.7. The van der Waals surface area contributed by atoms with Gasteiger partial charge in [-0.3, -0.25) is 19.7 Å². The summed E-state index contributed by atoms with van der Waals surface area (Å²) in [5, 5.41) is 13.2. The lowest BCUT2D eigenvalue weighted by Gasteiger charge is -2.07. The summed E-state index contributed by atoms with van der Waals surface area (Å²) < 4.78 is 5.46. The molecule has 0 aliphatic heterocycles. The van der Waals surface area contributed by atoms with E-state index in [1.54, 1.807) is 0 Å². The molecule has 0 aliphatic carbocycles. The summed E-state index contributed by atoms with van der Waals surface area (Å²) in [5.74, 6) is 0.0728. The van der Waals surface area contributed by atoms with Gasteiger partial charge >= 0.3 is 0 Å². The van der Waals surface area contributed by atoms with Gasteiger partial charge in [0.2, 0.25) is 0 Å². The molecule has 1 heterocycles. The second kappa shape index (κ2) is 7.74. The molecule has 2 rings (SSSR count). The highest BCUT2D eigenvalue weighted by Gasteiger charge is 2.15. The van der Waals surface area contributed by atoms with E-state index >= 15 is 0 Å². The molecule has 0 saturated carbocycles. The van der Waals surface area contributed by atoms with Crippen molar-refractivity contribution in [2.75, 3.05) is 13.2 Å². The van der Waals surface area contributed by atoms with E-state index in [1.165, 1.54) is 0 Å². The molecule has 2 aromatic rings. The first-order chi connectivity index (χ1) is 11.1. The molecule has 0 aliphatic rings. The molecule has 0 saturated heterocycles. The van der Waals surface area contributed by atoms with Gasteiger partial charge in [-0.25, -0.2) is 0 Å². The molecule has 120 valence electrons. The highest BCUT2D eigenvalue weighted by Crippen LogP contribution is 2.09. The molecule has 0 radical (unpaired) electrons. The second-order valence-electron chi connectivity index (χ2n) is 4.63. The second-order valence-corrected chi connectivity index (χ2v) is 4.63.